The molecule has 3 saturated heterocycles. The number of imidazole rings is 1. The molecule has 4 aliphatic heterocycles. The minimum atomic E-state index is -4.40. The Labute approximate surface area is 413 Å². The number of rotatable bonds is 14. The molecule has 382 valence electrons. The van der Waals surface area contributed by atoms with Crippen LogP contribution in [0.25, 0.3) is 16.6 Å². The zero-order chi connectivity index (χ0) is 50.5. The van der Waals surface area contributed by atoms with Crippen LogP contribution in [-0.4, -0.2) is 106 Å². The number of amides is 3. The predicted octanol–water partition coefficient (Wildman–Crippen LogP) is 8.87. The van der Waals surface area contributed by atoms with E-state index in [0.29, 0.717) is 89.3 Å². The molecular weight excluding hydrogens is 917 g/mol. The van der Waals surface area contributed by atoms with Gasteiger partial charge in [-0.15, -0.1) is 0 Å². The minimum absolute atomic E-state index is 0.0256. The van der Waals surface area contributed by atoms with Gasteiger partial charge in [0.25, 0.3) is 0 Å². The van der Waals surface area contributed by atoms with Gasteiger partial charge < -0.3 is 14.4 Å². The van der Waals surface area contributed by atoms with Gasteiger partial charge in [0.05, 0.1) is 29.2 Å². The largest absolute Gasteiger partial charge is 0.497 e. The van der Waals surface area contributed by atoms with Gasteiger partial charge in [0.15, 0.2) is 0 Å². The smallest absolute Gasteiger partial charge is 0.395 e. The van der Waals surface area contributed by atoms with Crippen molar-refractivity contribution in [2.75, 3.05) is 53.0 Å². The van der Waals surface area contributed by atoms with Gasteiger partial charge in [-0.1, -0.05) is 42.5 Å². The quantitative estimate of drug-likeness (QED) is 0.0985. The number of piperazine rings is 1. The highest BCUT2D eigenvalue weighted by molar-refractivity contribution is 6.00. The molecule has 3 fully saturated rings. The monoisotopic (exact) mass is 985 g/mol. The summed E-state index contributed by atoms with van der Waals surface area (Å²) in [6, 6.07) is 18.7. The van der Waals surface area contributed by atoms with Crippen LogP contribution in [0.3, 0.4) is 0 Å². The normalized spacial score (nSPS) is 23.4. The van der Waals surface area contributed by atoms with Crippen LogP contribution in [0.5, 0.6) is 5.75 Å². The highest BCUT2D eigenvalue weighted by Gasteiger charge is 2.49. The molecule has 3 amide bonds. The van der Waals surface area contributed by atoms with Crippen molar-refractivity contribution < 1.29 is 41.4 Å². The fourth-order valence-corrected chi connectivity index (χ4v) is 12.1. The topological polar surface area (TPSA) is 118 Å². The molecule has 0 bridgehead atoms. The molecule has 1 aromatic heterocycles. The number of halogens is 4. The van der Waals surface area contributed by atoms with Crippen LogP contribution in [0.15, 0.2) is 71.3 Å². The summed E-state index contributed by atoms with van der Waals surface area (Å²) in [5, 5.41) is 2.39. The van der Waals surface area contributed by atoms with Crippen molar-refractivity contribution in [1.82, 2.24) is 29.2 Å². The molecule has 16 heteroatoms. The third-order valence-electron chi connectivity index (χ3n) is 16.1. The number of alkyl halides is 3. The van der Waals surface area contributed by atoms with E-state index in [1.54, 1.807) is 16.2 Å². The number of aryl methyl sites for hydroxylation is 2. The first-order valence-electron chi connectivity index (χ1n) is 25.4. The highest BCUT2D eigenvalue weighted by Crippen LogP contribution is 2.46. The maximum absolute atomic E-state index is 16.1. The summed E-state index contributed by atoms with van der Waals surface area (Å²) in [6.07, 6.45) is 0.738. The molecule has 2 unspecified atom stereocenters. The number of nitrogens with zero attached hydrogens (tertiary/aromatic N) is 5. The number of ether oxygens (including phenoxy) is 2. The third-order valence-corrected chi connectivity index (χ3v) is 16.1. The number of aromatic nitrogens is 2. The Balaban J connectivity index is 0.825. The molecule has 71 heavy (non-hydrogen) atoms. The highest BCUT2D eigenvalue weighted by atomic mass is 19.4. The molecule has 12 nitrogen and oxygen atoms in total. The molecular formula is C55H68F4N6O6. The number of benzene rings is 3. The molecule has 3 aromatic carbocycles. The Morgan fingerprint density at radius 1 is 0.915 bits per heavy atom. The Bertz CT molecular complexity index is 2740. The average Bonchev–Trinajstić information content (AvgIpc) is 3.62. The Morgan fingerprint density at radius 3 is 2.31 bits per heavy atom. The number of hydrogen-bond acceptors (Lipinski definition) is 8. The molecule has 9 rings (SSSR count). The SMILES string of the molecule is COc1ccc([C@]2(CCN(Cc3ccc(C4=C(F)CC(C(=O)N5CCN(Cc6ccc7c8c6CCCn8c(=O)n7C6CCC(=O)NC6=O)CC5)CC4)cc3)CC(C)(C)C(F)(F)F)CCOC(C)(C)C2)cc1. The van der Waals surface area contributed by atoms with Crippen LogP contribution >= 0.6 is 0 Å². The third kappa shape index (κ3) is 10.5. The van der Waals surface area contributed by atoms with E-state index in [2.05, 4.69) is 36.2 Å². The maximum Gasteiger partial charge on any atom is 0.395 e. The number of methoxy groups -OCH3 is 1. The van der Waals surface area contributed by atoms with Crippen molar-refractivity contribution in [3.05, 3.63) is 105 Å². The predicted molar refractivity (Wildman–Crippen MR) is 263 cm³/mol. The van der Waals surface area contributed by atoms with Gasteiger partial charge >= 0.3 is 11.9 Å². The number of carbonyl (C=O) groups is 3. The summed E-state index contributed by atoms with van der Waals surface area (Å²) in [5.41, 5.74) is 4.14. The van der Waals surface area contributed by atoms with E-state index in [-0.39, 0.29) is 54.6 Å². The number of carbonyl (C=O) groups excluding carboxylic acids is 3. The minimum Gasteiger partial charge on any atom is -0.497 e. The Kier molecular flexibility index (Phi) is 14.2. The molecule has 1 aliphatic carbocycles. The first-order chi connectivity index (χ1) is 33.7. The van der Waals surface area contributed by atoms with Crippen molar-refractivity contribution in [1.29, 1.82) is 0 Å². The van der Waals surface area contributed by atoms with Crippen LogP contribution in [0.1, 0.15) is 119 Å². The molecule has 0 saturated carbocycles. The number of imide groups is 1. The van der Waals surface area contributed by atoms with Crippen molar-refractivity contribution in [3.8, 4) is 5.75 Å². The number of nitrogens with one attached hydrogen (secondary N) is 1. The van der Waals surface area contributed by atoms with Crippen LogP contribution in [0.2, 0.25) is 0 Å². The molecule has 0 radical (unpaired) electrons. The van der Waals surface area contributed by atoms with Crippen molar-refractivity contribution in [2.24, 2.45) is 11.3 Å². The van der Waals surface area contributed by atoms with Gasteiger partial charge in [0.1, 0.15) is 17.6 Å². The standard InChI is InChI=1S/C55H68F4N6O6/c1-52(2,55(57,58)59)35-62(25-22-54(23-30-71-53(3,4)34-54)40-14-16-41(70-5)17-15-40)32-36-8-10-37(11-9-36)42-18-12-38(31-44(42)56)50(68)63-28-26-61(27-29-63)33-39-13-19-45-48-43(39)7-6-24-64(48)51(69)65(45)46-20-21-47(66)60-49(46)67/h8-11,13-17,19,38,46H,6-7,12,18,20-35H2,1-5H3,(H,60,66,67)/t38?,46?,54-/m1/s1. The summed E-state index contributed by atoms with van der Waals surface area (Å²) in [7, 11) is 1.62. The van der Waals surface area contributed by atoms with Gasteiger partial charge in [-0.05, 0) is 137 Å². The van der Waals surface area contributed by atoms with E-state index in [1.807, 2.05) is 58.3 Å². The van der Waals surface area contributed by atoms with E-state index in [0.717, 1.165) is 64.8 Å². The summed E-state index contributed by atoms with van der Waals surface area (Å²) in [5.74, 6) is -0.830. The van der Waals surface area contributed by atoms with E-state index in [1.165, 1.54) is 13.8 Å². The number of hydrogen-bond donors (Lipinski definition) is 1. The van der Waals surface area contributed by atoms with Crippen molar-refractivity contribution >= 4 is 34.3 Å². The molecule has 0 spiro atoms. The average molecular weight is 985 g/mol. The Morgan fingerprint density at radius 2 is 1.65 bits per heavy atom. The van der Waals surface area contributed by atoms with Crippen molar-refractivity contribution in [2.45, 2.75) is 135 Å². The summed E-state index contributed by atoms with van der Waals surface area (Å²) in [4.78, 5) is 58.2. The zero-order valence-corrected chi connectivity index (χ0v) is 41.8. The van der Waals surface area contributed by atoms with Crippen LogP contribution in [-0.2, 0) is 50.6 Å². The first-order valence-corrected chi connectivity index (χ1v) is 25.4. The fraction of sp³-hybridized carbons (Fsp3) is 0.564. The van der Waals surface area contributed by atoms with Gasteiger partial charge in [0.2, 0.25) is 17.7 Å². The van der Waals surface area contributed by atoms with Crippen LogP contribution in [0, 0.1) is 11.3 Å². The molecule has 5 aliphatic rings. The fourth-order valence-electron chi connectivity index (χ4n) is 12.1. The van der Waals surface area contributed by atoms with Gasteiger partial charge in [-0.3, -0.25) is 38.6 Å². The zero-order valence-electron chi connectivity index (χ0n) is 41.8. The lowest BCUT2D eigenvalue weighted by atomic mass is 9.67. The van der Waals surface area contributed by atoms with Gasteiger partial charge in [-0.2, -0.15) is 13.2 Å². The lowest BCUT2D eigenvalue weighted by Crippen LogP contribution is -2.50. The number of allylic oxidation sites excluding steroid dienone is 2. The van der Waals surface area contributed by atoms with Crippen LogP contribution < -0.4 is 15.7 Å². The first kappa shape index (κ1) is 50.6. The molecule has 5 heterocycles. The van der Waals surface area contributed by atoms with E-state index in [9.17, 15) is 32.3 Å². The van der Waals surface area contributed by atoms with Crippen LogP contribution in [0.4, 0.5) is 17.6 Å². The second kappa shape index (κ2) is 19.9. The maximum atomic E-state index is 16.1. The summed E-state index contributed by atoms with van der Waals surface area (Å²) >= 11 is 0. The van der Waals surface area contributed by atoms with E-state index in [4.69, 9.17) is 9.47 Å². The Hall–Kier alpha value is -5.32. The van der Waals surface area contributed by atoms with E-state index < -0.39 is 35.1 Å². The van der Waals surface area contributed by atoms with Gasteiger partial charge in [0, 0.05) is 83.1 Å². The molecule has 1 N–H and O–H groups in total. The number of piperidine rings is 1. The summed E-state index contributed by atoms with van der Waals surface area (Å²) < 4.78 is 74.2. The lowest BCUT2D eigenvalue weighted by Gasteiger charge is -2.46. The van der Waals surface area contributed by atoms with E-state index >= 15 is 4.39 Å². The molecule has 4 aromatic rings. The second-order valence-electron chi connectivity index (χ2n) is 22.0. The second-order valence-corrected chi connectivity index (χ2v) is 22.0. The van der Waals surface area contributed by atoms with Crippen molar-refractivity contribution in [3.63, 3.8) is 0 Å². The van der Waals surface area contributed by atoms with Gasteiger partial charge in [-0.25, -0.2) is 9.18 Å². The molecule has 3 atom stereocenters. The lowest BCUT2D eigenvalue weighted by molar-refractivity contribution is -0.217. The summed E-state index contributed by atoms with van der Waals surface area (Å²) in [6.45, 7) is 11.3.